The molecule has 0 aliphatic heterocycles. The Balaban J connectivity index is 2.34. The highest BCUT2D eigenvalue weighted by Crippen LogP contribution is 2.36. The van der Waals surface area contributed by atoms with E-state index in [4.69, 9.17) is 9.84 Å². The van der Waals surface area contributed by atoms with Gasteiger partial charge in [0.2, 0.25) is 0 Å². The predicted octanol–water partition coefficient (Wildman–Crippen LogP) is 2.43. The lowest BCUT2D eigenvalue weighted by Gasteiger charge is -2.07. The minimum absolute atomic E-state index is 0.0384. The summed E-state index contributed by atoms with van der Waals surface area (Å²) in [5, 5.41) is 11.1. The Morgan fingerprint density at radius 1 is 1.24 bits per heavy atom. The van der Waals surface area contributed by atoms with E-state index in [1.54, 1.807) is 0 Å². The highest BCUT2D eigenvalue weighted by Gasteiger charge is 2.29. The summed E-state index contributed by atoms with van der Waals surface area (Å²) < 4.78 is 41.5. The first-order valence-electron chi connectivity index (χ1n) is 6.25. The number of alkyl halides is 3. The molecule has 1 aromatic rings. The van der Waals surface area contributed by atoms with Crippen molar-refractivity contribution in [3.8, 4) is 0 Å². The molecule has 8 heteroatoms. The molecule has 0 atom stereocenters. The zero-order chi connectivity index (χ0) is 15.7. The van der Waals surface area contributed by atoms with Crippen LogP contribution in [0, 0.1) is 0 Å². The fourth-order valence-corrected chi connectivity index (χ4v) is 1.99. The van der Waals surface area contributed by atoms with Crippen molar-refractivity contribution >= 4 is 17.7 Å². The van der Waals surface area contributed by atoms with Crippen LogP contribution in [0.15, 0.2) is 29.2 Å². The maximum absolute atomic E-state index is 12.2. The van der Waals surface area contributed by atoms with Gasteiger partial charge in [-0.25, -0.2) is 0 Å². The monoisotopic (exact) mass is 323 g/mol. The van der Waals surface area contributed by atoms with E-state index in [9.17, 15) is 18.0 Å². The topological polar surface area (TPSA) is 58.6 Å². The number of hydrogen-bond donors (Lipinski definition) is 2. The van der Waals surface area contributed by atoms with Crippen molar-refractivity contribution in [2.45, 2.75) is 16.8 Å². The van der Waals surface area contributed by atoms with Gasteiger partial charge < -0.3 is 15.2 Å². The van der Waals surface area contributed by atoms with E-state index in [0.29, 0.717) is 25.1 Å². The number of rotatable bonds is 8. The van der Waals surface area contributed by atoms with Crippen LogP contribution in [0.25, 0.3) is 0 Å². The molecule has 0 bridgehead atoms. The van der Waals surface area contributed by atoms with Crippen LogP contribution < -0.4 is 5.32 Å². The van der Waals surface area contributed by atoms with Gasteiger partial charge in [-0.15, -0.1) is 0 Å². The minimum atomic E-state index is -4.33. The molecule has 21 heavy (non-hydrogen) atoms. The summed E-state index contributed by atoms with van der Waals surface area (Å²) in [6.45, 7) is 1.02. The average molecular weight is 323 g/mol. The third-order valence-electron chi connectivity index (χ3n) is 2.34. The van der Waals surface area contributed by atoms with Crippen molar-refractivity contribution in [1.29, 1.82) is 0 Å². The fourth-order valence-electron chi connectivity index (χ4n) is 1.45. The molecule has 4 nitrogen and oxygen atoms in total. The molecule has 0 aliphatic rings. The Bertz CT molecular complexity index is 437. The molecule has 1 aromatic carbocycles. The van der Waals surface area contributed by atoms with E-state index in [1.165, 1.54) is 24.3 Å². The first kappa shape index (κ1) is 17.8. The maximum atomic E-state index is 12.2. The van der Waals surface area contributed by atoms with Crippen LogP contribution in [-0.2, 0) is 4.74 Å². The van der Waals surface area contributed by atoms with Crippen LogP contribution in [0.4, 0.5) is 13.2 Å². The van der Waals surface area contributed by atoms with Crippen molar-refractivity contribution in [2.75, 3.05) is 26.4 Å². The number of nitrogens with one attached hydrogen (secondary N) is 1. The fraction of sp³-hybridized carbons (Fsp3) is 0.462. The van der Waals surface area contributed by atoms with E-state index in [-0.39, 0.29) is 35.8 Å². The number of carbonyl (C=O) groups excluding carboxylic acids is 1. The standard InChI is InChI=1S/C13H16F3NO3S/c14-13(15,16)21-11-4-2-10(3-5-11)12(19)17-6-1-8-20-9-7-18/h2-5,18H,1,6-9H2,(H,17,19). The Kier molecular flexibility index (Phi) is 7.55. The molecule has 0 fully saturated rings. The molecule has 1 amide bonds. The lowest BCUT2D eigenvalue weighted by atomic mass is 10.2. The number of aliphatic hydroxyl groups excluding tert-OH is 1. The molecular weight excluding hydrogens is 307 g/mol. The normalized spacial score (nSPS) is 11.4. The molecule has 0 unspecified atom stereocenters. The number of ether oxygens (including phenoxy) is 1. The van der Waals surface area contributed by atoms with Crippen LogP contribution >= 0.6 is 11.8 Å². The zero-order valence-electron chi connectivity index (χ0n) is 11.2. The lowest BCUT2D eigenvalue weighted by molar-refractivity contribution is -0.0328. The third-order valence-corrected chi connectivity index (χ3v) is 3.08. The first-order chi connectivity index (χ1) is 9.92. The lowest BCUT2D eigenvalue weighted by Crippen LogP contribution is -2.25. The minimum Gasteiger partial charge on any atom is -0.394 e. The summed E-state index contributed by atoms with van der Waals surface area (Å²) in [6.07, 6.45) is 0.591. The second-order valence-electron chi connectivity index (χ2n) is 4.02. The number of aliphatic hydroxyl groups is 1. The molecule has 0 aliphatic carbocycles. The number of halogens is 3. The van der Waals surface area contributed by atoms with Crippen molar-refractivity contribution in [2.24, 2.45) is 0 Å². The van der Waals surface area contributed by atoms with Crippen LogP contribution in [-0.4, -0.2) is 42.9 Å². The van der Waals surface area contributed by atoms with Gasteiger partial charge in [0.05, 0.1) is 13.2 Å². The van der Waals surface area contributed by atoms with Gasteiger partial charge in [0.15, 0.2) is 0 Å². The van der Waals surface area contributed by atoms with Crippen LogP contribution in [0.1, 0.15) is 16.8 Å². The van der Waals surface area contributed by atoms with Crippen molar-refractivity contribution in [3.63, 3.8) is 0 Å². The first-order valence-corrected chi connectivity index (χ1v) is 7.06. The number of amides is 1. The van der Waals surface area contributed by atoms with Crippen molar-refractivity contribution < 1.29 is 27.8 Å². The van der Waals surface area contributed by atoms with E-state index in [1.807, 2.05) is 0 Å². The molecular formula is C13H16F3NO3S. The SMILES string of the molecule is O=C(NCCCOCCO)c1ccc(SC(F)(F)F)cc1. The molecule has 118 valence electrons. The Morgan fingerprint density at radius 3 is 2.48 bits per heavy atom. The zero-order valence-corrected chi connectivity index (χ0v) is 12.0. The van der Waals surface area contributed by atoms with Gasteiger partial charge in [-0.2, -0.15) is 13.2 Å². The van der Waals surface area contributed by atoms with Gasteiger partial charge in [-0.1, -0.05) is 0 Å². The van der Waals surface area contributed by atoms with Crippen molar-refractivity contribution in [1.82, 2.24) is 5.32 Å². The number of benzene rings is 1. The molecule has 2 N–H and O–H groups in total. The smallest absolute Gasteiger partial charge is 0.394 e. The average Bonchev–Trinajstić information content (AvgIpc) is 2.41. The van der Waals surface area contributed by atoms with Crippen LogP contribution in [0.5, 0.6) is 0 Å². The van der Waals surface area contributed by atoms with E-state index in [2.05, 4.69) is 5.32 Å². The van der Waals surface area contributed by atoms with E-state index in [0.717, 1.165) is 0 Å². The highest BCUT2D eigenvalue weighted by molar-refractivity contribution is 8.00. The number of carbonyl (C=O) groups is 1. The summed E-state index contributed by atoms with van der Waals surface area (Å²) in [5.74, 6) is -0.347. The Morgan fingerprint density at radius 2 is 1.90 bits per heavy atom. The summed E-state index contributed by atoms with van der Waals surface area (Å²) in [4.78, 5) is 11.7. The summed E-state index contributed by atoms with van der Waals surface area (Å²) in [5.41, 5.74) is -4.03. The van der Waals surface area contributed by atoms with Gasteiger partial charge >= 0.3 is 5.51 Å². The van der Waals surface area contributed by atoms with Crippen molar-refractivity contribution in [3.05, 3.63) is 29.8 Å². The second-order valence-corrected chi connectivity index (χ2v) is 5.16. The van der Waals surface area contributed by atoms with Gasteiger partial charge in [0, 0.05) is 23.6 Å². The van der Waals surface area contributed by atoms with E-state index < -0.39 is 5.51 Å². The molecule has 0 saturated heterocycles. The Labute approximate surface area is 124 Å². The van der Waals surface area contributed by atoms with E-state index >= 15 is 0 Å². The number of thioether (sulfide) groups is 1. The maximum Gasteiger partial charge on any atom is 0.446 e. The third kappa shape index (κ3) is 7.93. The summed E-state index contributed by atoms with van der Waals surface area (Å²) >= 11 is -0.218. The summed E-state index contributed by atoms with van der Waals surface area (Å²) in [7, 11) is 0. The van der Waals surface area contributed by atoms with Gasteiger partial charge in [-0.05, 0) is 42.4 Å². The van der Waals surface area contributed by atoms with Gasteiger partial charge in [0.25, 0.3) is 5.91 Å². The molecule has 0 radical (unpaired) electrons. The number of hydrogen-bond acceptors (Lipinski definition) is 4. The highest BCUT2D eigenvalue weighted by atomic mass is 32.2. The van der Waals surface area contributed by atoms with Crippen LogP contribution in [0.2, 0.25) is 0 Å². The molecule has 0 saturated carbocycles. The Hall–Kier alpha value is -1.25. The molecule has 0 heterocycles. The largest absolute Gasteiger partial charge is 0.446 e. The predicted molar refractivity (Wildman–Crippen MR) is 73.2 cm³/mol. The van der Waals surface area contributed by atoms with Gasteiger partial charge in [-0.3, -0.25) is 4.79 Å². The molecule has 0 aromatic heterocycles. The quantitative estimate of drug-likeness (QED) is 0.570. The van der Waals surface area contributed by atoms with Gasteiger partial charge in [0.1, 0.15) is 0 Å². The molecule has 0 spiro atoms. The van der Waals surface area contributed by atoms with Crippen LogP contribution in [0.3, 0.4) is 0 Å². The second kappa shape index (κ2) is 8.91. The molecule has 1 rings (SSSR count). The summed E-state index contributed by atoms with van der Waals surface area (Å²) in [6, 6.07) is 5.23.